The van der Waals surface area contributed by atoms with Crippen molar-refractivity contribution >= 4 is 5.97 Å². The Kier molecular flexibility index (Phi) is 11.3. The zero-order valence-corrected chi connectivity index (χ0v) is 27.5. The van der Waals surface area contributed by atoms with E-state index in [-0.39, 0.29) is 17.7 Å². The van der Waals surface area contributed by atoms with Gasteiger partial charge in [-0.2, -0.15) is 5.10 Å². The summed E-state index contributed by atoms with van der Waals surface area (Å²) in [5, 5.41) is 14.3. The highest BCUT2D eigenvalue weighted by atomic mass is 19.1. The van der Waals surface area contributed by atoms with E-state index in [1.54, 1.807) is 12.1 Å². The predicted molar refractivity (Wildman–Crippen MR) is 176 cm³/mol. The molecule has 1 N–H and O–H groups in total. The van der Waals surface area contributed by atoms with Crippen LogP contribution in [0, 0.1) is 11.7 Å². The lowest BCUT2D eigenvalue weighted by atomic mass is 9.93. The SMILES string of the molecule is CCC(C)C(C(=O)O)N1CCC(c2cccc(F)c2)C1.CCn1nc(Cc2ccc(OC3CC3)cc2)cc1C1CCN(C)CC1. The quantitative estimate of drug-likeness (QED) is 0.251. The minimum absolute atomic E-state index is 0.124. The zero-order chi connectivity index (χ0) is 31.9. The highest BCUT2D eigenvalue weighted by Crippen LogP contribution is 2.32. The molecule has 2 aliphatic heterocycles. The molecule has 3 aromatic rings. The van der Waals surface area contributed by atoms with Crippen LogP contribution in [0.4, 0.5) is 4.39 Å². The Morgan fingerprint density at radius 1 is 1.00 bits per heavy atom. The molecule has 0 radical (unpaired) electrons. The van der Waals surface area contributed by atoms with E-state index in [9.17, 15) is 14.3 Å². The van der Waals surface area contributed by atoms with Crippen LogP contribution >= 0.6 is 0 Å². The average molecular weight is 619 g/mol. The second-order valence-corrected chi connectivity index (χ2v) is 13.3. The van der Waals surface area contributed by atoms with Crippen molar-refractivity contribution in [1.82, 2.24) is 19.6 Å². The second kappa shape index (κ2) is 15.4. The molecule has 3 atom stereocenters. The van der Waals surface area contributed by atoms with Crippen LogP contribution in [0.2, 0.25) is 0 Å². The lowest BCUT2D eigenvalue weighted by molar-refractivity contribution is -0.144. The number of benzene rings is 2. The second-order valence-electron chi connectivity index (χ2n) is 13.3. The van der Waals surface area contributed by atoms with Gasteiger partial charge in [0, 0.05) is 31.1 Å². The lowest BCUT2D eigenvalue weighted by Crippen LogP contribution is -2.44. The smallest absolute Gasteiger partial charge is 0.321 e. The molecule has 3 aliphatic rings. The lowest BCUT2D eigenvalue weighted by Gasteiger charge is -2.29. The molecule has 2 aromatic carbocycles. The van der Waals surface area contributed by atoms with E-state index in [2.05, 4.69) is 53.9 Å². The average Bonchev–Trinajstić information content (AvgIpc) is 3.55. The number of carbonyl (C=O) groups is 1. The number of aryl methyl sites for hydroxylation is 1. The highest BCUT2D eigenvalue weighted by molar-refractivity contribution is 5.74. The minimum Gasteiger partial charge on any atom is -0.490 e. The van der Waals surface area contributed by atoms with Crippen molar-refractivity contribution in [3.63, 3.8) is 0 Å². The molecule has 7 nitrogen and oxygen atoms in total. The van der Waals surface area contributed by atoms with E-state index in [1.165, 1.54) is 61.8 Å². The first-order valence-corrected chi connectivity index (χ1v) is 17.0. The number of aromatic nitrogens is 2. The van der Waals surface area contributed by atoms with Crippen molar-refractivity contribution in [1.29, 1.82) is 0 Å². The van der Waals surface area contributed by atoms with Crippen molar-refractivity contribution in [2.24, 2.45) is 5.92 Å². The molecule has 0 amide bonds. The minimum atomic E-state index is -0.751. The summed E-state index contributed by atoms with van der Waals surface area (Å²) in [6.07, 6.45) is 8.00. The van der Waals surface area contributed by atoms with Gasteiger partial charge in [-0.15, -0.1) is 0 Å². The molecular formula is C37H51FN4O3. The molecule has 45 heavy (non-hydrogen) atoms. The van der Waals surface area contributed by atoms with Gasteiger partial charge in [0.2, 0.25) is 0 Å². The van der Waals surface area contributed by atoms with Gasteiger partial charge in [0.05, 0.1) is 11.8 Å². The Labute approximate surface area is 268 Å². The Hall–Kier alpha value is -3.23. The van der Waals surface area contributed by atoms with Crippen molar-refractivity contribution in [2.45, 2.75) is 96.2 Å². The van der Waals surface area contributed by atoms with Crippen LogP contribution in [0.1, 0.15) is 93.6 Å². The third kappa shape index (κ3) is 8.95. The molecular weight excluding hydrogens is 567 g/mol. The summed E-state index contributed by atoms with van der Waals surface area (Å²) in [5.41, 5.74) is 4.89. The number of nitrogens with zero attached hydrogens (tertiary/aromatic N) is 4. The monoisotopic (exact) mass is 618 g/mol. The number of ether oxygens (including phenoxy) is 1. The van der Waals surface area contributed by atoms with Crippen molar-refractivity contribution in [3.05, 3.63) is 82.9 Å². The van der Waals surface area contributed by atoms with E-state index in [0.29, 0.717) is 18.6 Å². The summed E-state index contributed by atoms with van der Waals surface area (Å²) >= 11 is 0. The van der Waals surface area contributed by atoms with Gasteiger partial charge in [-0.25, -0.2) is 4.39 Å². The number of likely N-dealkylation sites (tertiary alicyclic amines) is 2. The molecule has 1 aromatic heterocycles. The molecule has 1 aliphatic carbocycles. The molecule has 6 rings (SSSR count). The van der Waals surface area contributed by atoms with Gasteiger partial charge >= 0.3 is 5.97 Å². The van der Waals surface area contributed by atoms with Gasteiger partial charge in [0.1, 0.15) is 17.6 Å². The first-order chi connectivity index (χ1) is 21.7. The Morgan fingerprint density at radius 3 is 2.33 bits per heavy atom. The molecule has 1 saturated carbocycles. The number of aliphatic carboxylic acids is 1. The predicted octanol–water partition coefficient (Wildman–Crippen LogP) is 6.96. The van der Waals surface area contributed by atoms with Gasteiger partial charge < -0.3 is 14.7 Å². The Morgan fingerprint density at radius 2 is 1.71 bits per heavy atom. The van der Waals surface area contributed by atoms with Crippen LogP contribution < -0.4 is 4.74 Å². The van der Waals surface area contributed by atoms with Gasteiger partial charge in [-0.1, -0.05) is 44.5 Å². The maximum atomic E-state index is 13.3. The number of carboxylic acids is 1. The summed E-state index contributed by atoms with van der Waals surface area (Å²) in [6.45, 7) is 11.0. The first-order valence-electron chi connectivity index (χ1n) is 17.0. The molecule has 2 saturated heterocycles. The van der Waals surface area contributed by atoms with Crippen LogP contribution in [-0.2, 0) is 17.8 Å². The summed E-state index contributed by atoms with van der Waals surface area (Å²) < 4.78 is 21.3. The summed E-state index contributed by atoms with van der Waals surface area (Å²) in [6, 6.07) is 17.1. The fourth-order valence-electron chi connectivity index (χ4n) is 6.79. The molecule has 3 unspecified atom stereocenters. The van der Waals surface area contributed by atoms with Crippen molar-refractivity contribution in [3.8, 4) is 5.75 Å². The van der Waals surface area contributed by atoms with E-state index < -0.39 is 12.0 Å². The fraction of sp³-hybridized carbons (Fsp3) is 0.568. The number of hydrogen-bond donors (Lipinski definition) is 1. The summed E-state index contributed by atoms with van der Waals surface area (Å²) in [7, 11) is 2.22. The van der Waals surface area contributed by atoms with E-state index in [4.69, 9.17) is 9.84 Å². The Bertz CT molecular complexity index is 1380. The molecule has 0 bridgehead atoms. The van der Waals surface area contributed by atoms with Crippen LogP contribution in [0.25, 0.3) is 0 Å². The van der Waals surface area contributed by atoms with E-state index in [0.717, 1.165) is 43.7 Å². The van der Waals surface area contributed by atoms with Crippen LogP contribution in [0.5, 0.6) is 5.75 Å². The van der Waals surface area contributed by atoms with Crippen molar-refractivity contribution < 1.29 is 19.0 Å². The van der Waals surface area contributed by atoms with Crippen molar-refractivity contribution in [2.75, 3.05) is 33.2 Å². The zero-order valence-electron chi connectivity index (χ0n) is 27.5. The van der Waals surface area contributed by atoms with Gasteiger partial charge in [-0.05, 0) is 119 Å². The third-order valence-corrected chi connectivity index (χ3v) is 9.80. The molecule has 8 heteroatoms. The van der Waals surface area contributed by atoms with Gasteiger partial charge in [0.15, 0.2) is 0 Å². The van der Waals surface area contributed by atoms with Gasteiger partial charge in [-0.3, -0.25) is 14.4 Å². The number of carboxylic acid groups (broad SMARTS) is 1. The number of piperidine rings is 1. The molecule has 3 heterocycles. The maximum Gasteiger partial charge on any atom is 0.321 e. The molecule has 0 spiro atoms. The molecule has 244 valence electrons. The van der Waals surface area contributed by atoms with Gasteiger partial charge in [0.25, 0.3) is 0 Å². The van der Waals surface area contributed by atoms with Crippen LogP contribution in [0.3, 0.4) is 0 Å². The van der Waals surface area contributed by atoms with E-state index in [1.807, 2.05) is 24.8 Å². The third-order valence-electron chi connectivity index (χ3n) is 9.80. The normalized spacial score (nSPS) is 20.8. The first kappa shape index (κ1) is 33.1. The fourth-order valence-corrected chi connectivity index (χ4v) is 6.79. The standard InChI is InChI=1S/C21H29N3O.C16H22FNO2/c1-3-24-21(17-10-12-23(2)13-11-17)15-18(22-24)14-16-4-6-19(7-5-16)25-20-8-9-20;1-3-11(2)15(16(19)20)18-8-7-13(10-18)12-5-4-6-14(17)9-12/h4-7,15,17,20H,3,8-14H2,1-2H3;4-6,9,11,13,15H,3,7-8,10H2,1-2H3,(H,19,20). The van der Waals surface area contributed by atoms with Crippen LogP contribution in [0.15, 0.2) is 54.6 Å². The molecule has 3 fully saturated rings. The largest absolute Gasteiger partial charge is 0.490 e. The number of rotatable bonds is 11. The maximum absolute atomic E-state index is 13.3. The number of hydrogen-bond acceptors (Lipinski definition) is 5. The number of halogens is 1. The summed E-state index contributed by atoms with van der Waals surface area (Å²) in [5.74, 6) is 1.04. The van der Waals surface area contributed by atoms with Crippen LogP contribution in [-0.4, -0.2) is 76.0 Å². The summed E-state index contributed by atoms with van der Waals surface area (Å²) in [4.78, 5) is 15.9. The topological polar surface area (TPSA) is 70.8 Å². The Balaban J connectivity index is 0.000000183. The van der Waals surface area contributed by atoms with E-state index >= 15 is 0 Å². The highest BCUT2D eigenvalue weighted by Gasteiger charge is 2.35.